The molecule has 0 spiro atoms. The Bertz CT molecular complexity index is 909. The molecule has 1 fully saturated rings. The SMILES string of the molecule is C=CCOc1c(C)cccc1[Si](C)(C)C1C=C(N2CCCC2)c2ccccc21. The number of para-hydroxylation sites is 1. The van der Waals surface area contributed by atoms with Crippen molar-refractivity contribution in [1.82, 2.24) is 4.90 Å². The van der Waals surface area contributed by atoms with Gasteiger partial charge in [0.1, 0.15) is 12.4 Å². The molecule has 1 saturated heterocycles. The van der Waals surface area contributed by atoms with Crippen LogP contribution in [-0.4, -0.2) is 32.7 Å². The molecule has 146 valence electrons. The maximum absolute atomic E-state index is 6.16. The summed E-state index contributed by atoms with van der Waals surface area (Å²) in [5.74, 6) is 1.07. The molecule has 1 unspecified atom stereocenters. The molecule has 2 aromatic rings. The van der Waals surface area contributed by atoms with Gasteiger partial charge >= 0.3 is 0 Å². The lowest BCUT2D eigenvalue weighted by atomic mass is 10.1. The molecular formula is C25H31NOSi. The number of hydrogen-bond donors (Lipinski definition) is 0. The molecule has 0 bridgehead atoms. The average Bonchev–Trinajstić information content (AvgIpc) is 3.34. The first-order chi connectivity index (χ1) is 13.5. The number of hydrogen-bond acceptors (Lipinski definition) is 2. The van der Waals surface area contributed by atoms with E-state index in [0.717, 1.165) is 5.75 Å². The molecular weight excluding hydrogens is 358 g/mol. The van der Waals surface area contributed by atoms with Crippen molar-refractivity contribution in [2.45, 2.75) is 38.4 Å². The summed E-state index contributed by atoms with van der Waals surface area (Å²) in [5, 5.41) is 1.41. The van der Waals surface area contributed by atoms with Crippen molar-refractivity contribution < 1.29 is 4.74 Å². The van der Waals surface area contributed by atoms with Gasteiger partial charge in [-0.15, -0.1) is 0 Å². The van der Waals surface area contributed by atoms with Gasteiger partial charge in [-0.25, -0.2) is 0 Å². The molecule has 0 aromatic heterocycles. The maximum atomic E-state index is 6.16. The Morgan fingerprint density at radius 2 is 1.86 bits per heavy atom. The van der Waals surface area contributed by atoms with Crippen LogP contribution in [0.25, 0.3) is 5.70 Å². The van der Waals surface area contributed by atoms with Gasteiger partial charge in [0.2, 0.25) is 0 Å². The minimum Gasteiger partial charge on any atom is -0.489 e. The highest BCUT2D eigenvalue weighted by Crippen LogP contribution is 2.43. The van der Waals surface area contributed by atoms with Crippen LogP contribution in [0.5, 0.6) is 5.75 Å². The van der Waals surface area contributed by atoms with Crippen molar-refractivity contribution in [3.8, 4) is 5.75 Å². The van der Waals surface area contributed by atoms with Crippen molar-refractivity contribution in [3.05, 3.63) is 77.9 Å². The Kier molecular flexibility index (Phi) is 5.20. The highest BCUT2D eigenvalue weighted by molar-refractivity contribution is 6.92. The van der Waals surface area contributed by atoms with E-state index in [0.29, 0.717) is 12.1 Å². The molecule has 0 saturated carbocycles. The van der Waals surface area contributed by atoms with Gasteiger partial charge in [0.15, 0.2) is 0 Å². The third kappa shape index (κ3) is 3.22. The molecule has 2 aromatic carbocycles. The first-order valence-electron chi connectivity index (χ1n) is 10.4. The molecule has 0 radical (unpaired) electrons. The van der Waals surface area contributed by atoms with Gasteiger partial charge < -0.3 is 9.64 Å². The summed E-state index contributed by atoms with van der Waals surface area (Å²) in [6, 6.07) is 15.7. The standard InChI is InChI=1S/C25H31NOSi/c1-5-17-27-25-19(2)11-10-14-23(25)28(3,4)24-18-22(26-15-8-9-16-26)20-12-6-7-13-21(20)24/h5-7,10-14,18,24H,1,8-9,15-17H2,2-4H3. The first-order valence-corrected chi connectivity index (χ1v) is 13.5. The van der Waals surface area contributed by atoms with Crippen LogP contribution in [0, 0.1) is 6.92 Å². The van der Waals surface area contributed by atoms with Crippen LogP contribution in [0.3, 0.4) is 0 Å². The Morgan fingerprint density at radius 3 is 2.61 bits per heavy atom. The van der Waals surface area contributed by atoms with Gasteiger partial charge in [-0.05, 0) is 36.1 Å². The second-order valence-corrected chi connectivity index (χ2v) is 13.2. The Hall–Kier alpha value is -2.26. The van der Waals surface area contributed by atoms with E-state index in [4.69, 9.17) is 4.74 Å². The van der Waals surface area contributed by atoms with Gasteiger partial charge in [-0.3, -0.25) is 0 Å². The topological polar surface area (TPSA) is 12.5 Å². The second-order valence-electron chi connectivity index (χ2n) is 8.58. The van der Waals surface area contributed by atoms with Crippen LogP contribution in [0.4, 0.5) is 0 Å². The number of rotatable bonds is 6. The lowest BCUT2D eigenvalue weighted by Crippen LogP contribution is -2.47. The molecule has 2 aliphatic rings. The van der Waals surface area contributed by atoms with Crippen LogP contribution in [0.1, 0.15) is 35.1 Å². The monoisotopic (exact) mass is 389 g/mol. The van der Waals surface area contributed by atoms with Crippen molar-refractivity contribution in [1.29, 1.82) is 0 Å². The van der Waals surface area contributed by atoms with E-state index in [1.807, 2.05) is 6.08 Å². The number of nitrogens with zero attached hydrogens (tertiary/aromatic N) is 1. The summed E-state index contributed by atoms with van der Waals surface area (Å²) in [4.78, 5) is 2.59. The number of likely N-dealkylation sites (tertiary alicyclic amines) is 1. The second kappa shape index (κ2) is 7.63. The van der Waals surface area contributed by atoms with Crippen LogP contribution < -0.4 is 9.92 Å². The van der Waals surface area contributed by atoms with E-state index in [2.05, 4.69) is 80.0 Å². The molecule has 1 aliphatic carbocycles. The predicted octanol–water partition coefficient (Wildman–Crippen LogP) is 5.25. The zero-order chi connectivity index (χ0) is 19.7. The third-order valence-electron chi connectivity index (χ3n) is 6.37. The fourth-order valence-electron chi connectivity index (χ4n) is 4.83. The van der Waals surface area contributed by atoms with E-state index >= 15 is 0 Å². The minimum atomic E-state index is -1.88. The normalized spacial score (nSPS) is 18.8. The largest absolute Gasteiger partial charge is 0.489 e. The highest BCUT2D eigenvalue weighted by Gasteiger charge is 2.41. The molecule has 0 N–H and O–H groups in total. The molecule has 2 nitrogen and oxygen atoms in total. The summed E-state index contributed by atoms with van der Waals surface area (Å²) >= 11 is 0. The first kappa shape index (κ1) is 19.1. The lowest BCUT2D eigenvalue weighted by Gasteiger charge is -2.32. The fourth-order valence-corrected chi connectivity index (χ4v) is 8.15. The predicted molar refractivity (Wildman–Crippen MR) is 122 cm³/mol. The van der Waals surface area contributed by atoms with Crippen LogP contribution in [0.15, 0.2) is 61.2 Å². The number of benzene rings is 2. The van der Waals surface area contributed by atoms with E-state index in [-0.39, 0.29) is 0 Å². The zero-order valence-electron chi connectivity index (χ0n) is 17.4. The number of aryl methyl sites for hydroxylation is 1. The van der Waals surface area contributed by atoms with Gasteiger partial charge in [0.25, 0.3) is 0 Å². The van der Waals surface area contributed by atoms with Crippen LogP contribution >= 0.6 is 0 Å². The Balaban J connectivity index is 1.79. The Labute approximate surface area is 170 Å². The highest BCUT2D eigenvalue weighted by atomic mass is 28.3. The summed E-state index contributed by atoms with van der Waals surface area (Å²) in [6.07, 6.45) is 7.02. The van der Waals surface area contributed by atoms with Crippen molar-refractivity contribution >= 4 is 19.0 Å². The third-order valence-corrected chi connectivity index (χ3v) is 10.2. The molecule has 3 heteroatoms. The summed E-state index contributed by atoms with van der Waals surface area (Å²) < 4.78 is 6.16. The van der Waals surface area contributed by atoms with Crippen molar-refractivity contribution in [3.63, 3.8) is 0 Å². The van der Waals surface area contributed by atoms with Crippen LogP contribution in [0.2, 0.25) is 13.1 Å². The van der Waals surface area contributed by atoms with Crippen LogP contribution in [-0.2, 0) is 0 Å². The Morgan fingerprint density at radius 1 is 1.11 bits per heavy atom. The molecule has 4 rings (SSSR count). The number of ether oxygens (including phenoxy) is 1. The molecule has 28 heavy (non-hydrogen) atoms. The fraction of sp³-hybridized carbons (Fsp3) is 0.360. The van der Waals surface area contributed by atoms with Gasteiger partial charge in [0.05, 0.1) is 8.07 Å². The molecule has 1 aliphatic heterocycles. The van der Waals surface area contributed by atoms with E-state index in [1.54, 1.807) is 0 Å². The summed E-state index contributed by atoms with van der Waals surface area (Å²) in [6.45, 7) is 13.9. The number of allylic oxidation sites excluding steroid dienone is 1. The molecule has 0 amide bonds. The van der Waals surface area contributed by atoms with Gasteiger partial charge in [0, 0.05) is 29.9 Å². The van der Waals surface area contributed by atoms with E-state index in [1.165, 1.54) is 53.5 Å². The smallest absolute Gasteiger partial charge is 0.121 e. The average molecular weight is 390 g/mol. The van der Waals surface area contributed by atoms with Gasteiger partial charge in [-0.1, -0.05) is 74.3 Å². The van der Waals surface area contributed by atoms with Crippen molar-refractivity contribution in [2.24, 2.45) is 0 Å². The summed E-state index contributed by atoms with van der Waals surface area (Å²) in [5.41, 5.74) is 6.08. The summed E-state index contributed by atoms with van der Waals surface area (Å²) in [7, 11) is -1.88. The quantitative estimate of drug-likeness (QED) is 0.494. The van der Waals surface area contributed by atoms with Gasteiger partial charge in [-0.2, -0.15) is 0 Å². The van der Waals surface area contributed by atoms with Crippen molar-refractivity contribution in [2.75, 3.05) is 19.7 Å². The number of fused-ring (bicyclic) bond motifs is 1. The minimum absolute atomic E-state index is 0.465. The van der Waals surface area contributed by atoms with E-state index in [9.17, 15) is 0 Å². The zero-order valence-corrected chi connectivity index (χ0v) is 18.4. The van der Waals surface area contributed by atoms with E-state index < -0.39 is 8.07 Å². The maximum Gasteiger partial charge on any atom is 0.121 e. The molecule has 1 atom stereocenters. The lowest BCUT2D eigenvalue weighted by molar-refractivity contribution is 0.363. The molecule has 1 heterocycles.